The molecule has 1 saturated heterocycles. The molecule has 0 radical (unpaired) electrons. The minimum atomic E-state index is -0.892. The number of likely N-dealkylation sites (tertiary alicyclic amines) is 1. The van der Waals surface area contributed by atoms with Crippen LogP contribution in [-0.4, -0.2) is 35.8 Å². The van der Waals surface area contributed by atoms with Crippen LogP contribution in [0.5, 0.6) is 0 Å². The van der Waals surface area contributed by atoms with Gasteiger partial charge in [-0.3, -0.25) is 9.59 Å². The molecule has 30 heavy (non-hydrogen) atoms. The highest BCUT2D eigenvalue weighted by Gasteiger charge is 2.28. The standard InChI is InChI=1S/C21H22F2N4O3/c22-15-3-6-17(18(23)11-15)20(29)27-9-7-14(8-10-27)19(28)25-12-13-1-4-16(5-2-13)26-21(24)30/h1-6,11,14H,7-10,12H2,(H,25,28)(H3,24,26,30). The smallest absolute Gasteiger partial charge is 0.316 e. The van der Waals surface area contributed by atoms with Crippen molar-refractivity contribution in [2.45, 2.75) is 19.4 Å². The second kappa shape index (κ2) is 9.34. The van der Waals surface area contributed by atoms with Crippen LogP contribution in [0.15, 0.2) is 42.5 Å². The van der Waals surface area contributed by atoms with Crippen molar-refractivity contribution in [3.63, 3.8) is 0 Å². The van der Waals surface area contributed by atoms with Gasteiger partial charge in [-0.25, -0.2) is 13.6 Å². The summed E-state index contributed by atoms with van der Waals surface area (Å²) in [5.41, 5.74) is 6.30. The Morgan fingerprint density at radius 2 is 1.70 bits per heavy atom. The molecule has 1 fully saturated rings. The van der Waals surface area contributed by atoms with Gasteiger partial charge in [0.2, 0.25) is 5.91 Å². The topological polar surface area (TPSA) is 105 Å². The van der Waals surface area contributed by atoms with Crippen molar-refractivity contribution >= 4 is 23.5 Å². The van der Waals surface area contributed by atoms with E-state index in [1.165, 1.54) is 4.90 Å². The highest BCUT2D eigenvalue weighted by molar-refractivity contribution is 5.94. The number of rotatable bonds is 5. The average Bonchev–Trinajstić information content (AvgIpc) is 2.72. The first-order valence-corrected chi connectivity index (χ1v) is 9.51. The predicted molar refractivity (Wildman–Crippen MR) is 106 cm³/mol. The quantitative estimate of drug-likeness (QED) is 0.698. The molecular formula is C21H22F2N4O3. The first kappa shape index (κ1) is 21.2. The Morgan fingerprint density at radius 3 is 2.30 bits per heavy atom. The van der Waals surface area contributed by atoms with Gasteiger partial charge in [-0.05, 0) is 42.7 Å². The van der Waals surface area contributed by atoms with Gasteiger partial charge in [0.15, 0.2) is 0 Å². The molecule has 1 aliphatic rings. The van der Waals surface area contributed by atoms with Crippen molar-refractivity contribution in [2.24, 2.45) is 11.7 Å². The lowest BCUT2D eigenvalue weighted by Gasteiger charge is -2.31. The third-order valence-corrected chi connectivity index (χ3v) is 5.00. The molecule has 2 aromatic carbocycles. The minimum Gasteiger partial charge on any atom is -0.352 e. The van der Waals surface area contributed by atoms with Crippen LogP contribution in [0.4, 0.5) is 19.3 Å². The molecule has 1 aliphatic heterocycles. The van der Waals surface area contributed by atoms with Crippen molar-refractivity contribution in [1.29, 1.82) is 0 Å². The van der Waals surface area contributed by atoms with E-state index < -0.39 is 23.6 Å². The van der Waals surface area contributed by atoms with Crippen LogP contribution in [-0.2, 0) is 11.3 Å². The Morgan fingerprint density at radius 1 is 1.03 bits per heavy atom. The normalized spacial score (nSPS) is 14.3. The lowest BCUT2D eigenvalue weighted by Crippen LogP contribution is -2.43. The minimum absolute atomic E-state index is 0.116. The number of nitrogens with zero attached hydrogens (tertiary/aromatic N) is 1. The summed E-state index contributed by atoms with van der Waals surface area (Å²) in [5.74, 6) is -2.50. The Bertz CT molecular complexity index is 942. The largest absolute Gasteiger partial charge is 0.352 e. The number of anilines is 1. The van der Waals surface area contributed by atoms with Crippen LogP contribution in [0.25, 0.3) is 0 Å². The molecule has 7 nitrogen and oxygen atoms in total. The number of piperidine rings is 1. The molecule has 0 bridgehead atoms. The zero-order chi connectivity index (χ0) is 21.7. The van der Waals surface area contributed by atoms with Gasteiger partial charge < -0.3 is 21.3 Å². The molecule has 4 amide bonds. The van der Waals surface area contributed by atoms with E-state index in [1.807, 2.05) is 0 Å². The average molecular weight is 416 g/mol. The van der Waals surface area contributed by atoms with Crippen LogP contribution >= 0.6 is 0 Å². The number of nitrogens with one attached hydrogen (secondary N) is 2. The maximum absolute atomic E-state index is 13.8. The maximum Gasteiger partial charge on any atom is 0.316 e. The molecule has 3 rings (SSSR count). The molecular weight excluding hydrogens is 394 g/mol. The lowest BCUT2D eigenvalue weighted by molar-refractivity contribution is -0.126. The van der Waals surface area contributed by atoms with E-state index >= 15 is 0 Å². The van der Waals surface area contributed by atoms with Crippen molar-refractivity contribution in [3.05, 3.63) is 65.2 Å². The monoisotopic (exact) mass is 416 g/mol. The number of halogens is 2. The molecule has 9 heteroatoms. The van der Waals surface area contributed by atoms with Gasteiger partial charge in [-0.2, -0.15) is 0 Å². The number of hydrogen-bond donors (Lipinski definition) is 3. The van der Waals surface area contributed by atoms with E-state index in [2.05, 4.69) is 10.6 Å². The fourth-order valence-corrected chi connectivity index (χ4v) is 3.36. The predicted octanol–water partition coefficient (Wildman–Crippen LogP) is 2.62. The van der Waals surface area contributed by atoms with Crippen molar-refractivity contribution < 1.29 is 23.2 Å². The fourth-order valence-electron chi connectivity index (χ4n) is 3.36. The summed E-state index contributed by atoms with van der Waals surface area (Å²) in [6.45, 7) is 0.970. The van der Waals surface area contributed by atoms with Crippen LogP contribution in [0.1, 0.15) is 28.8 Å². The number of carbonyl (C=O) groups excluding carboxylic acids is 3. The van der Waals surface area contributed by atoms with Crippen molar-refractivity contribution in [2.75, 3.05) is 18.4 Å². The Balaban J connectivity index is 1.48. The SMILES string of the molecule is NC(=O)Nc1ccc(CNC(=O)C2CCN(C(=O)c3ccc(F)cc3F)CC2)cc1. The highest BCUT2D eigenvalue weighted by atomic mass is 19.1. The van der Waals surface area contributed by atoms with Gasteiger partial charge in [-0.1, -0.05) is 12.1 Å². The zero-order valence-electron chi connectivity index (χ0n) is 16.2. The Kier molecular flexibility index (Phi) is 6.61. The van der Waals surface area contributed by atoms with Crippen molar-refractivity contribution in [1.82, 2.24) is 10.2 Å². The zero-order valence-corrected chi connectivity index (χ0v) is 16.2. The van der Waals surface area contributed by atoms with Gasteiger partial charge in [0, 0.05) is 37.3 Å². The highest BCUT2D eigenvalue weighted by Crippen LogP contribution is 2.21. The van der Waals surface area contributed by atoms with Gasteiger partial charge >= 0.3 is 6.03 Å². The molecule has 0 saturated carbocycles. The number of carbonyl (C=O) groups is 3. The van der Waals surface area contributed by atoms with Gasteiger partial charge in [-0.15, -0.1) is 0 Å². The first-order chi connectivity index (χ1) is 14.3. The number of primary amides is 1. The summed E-state index contributed by atoms with van der Waals surface area (Å²) in [4.78, 5) is 37.2. The second-order valence-electron chi connectivity index (χ2n) is 7.09. The van der Waals surface area contributed by atoms with Gasteiger partial charge in [0.1, 0.15) is 11.6 Å². The summed E-state index contributed by atoms with van der Waals surface area (Å²) >= 11 is 0. The molecule has 0 aromatic heterocycles. The molecule has 0 unspecified atom stereocenters. The van der Waals surface area contributed by atoms with Gasteiger partial charge in [0.25, 0.3) is 5.91 Å². The summed E-state index contributed by atoms with van der Waals surface area (Å²) in [6, 6.07) is 9.12. The summed E-state index contributed by atoms with van der Waals surface area (Å²) in [7, 11) is 0. The number of urea groups is 1. The Hall–Kier alpha value is -3.49. The number of amides is 4. The third kappa shape index (κ3) is 5.31. The van der Waals surface area contributed by atoms with Crippen LogP contribution in [0.3, 0.4) is 0 Å². The summed E-state index contributed by atoms with van der Waals surface area (Å²) < 4.78 is 26.9. The molecule has 1 heterocycles. The second-order valence-corrected chi connectivity index (χ2v) is 7.09. The van der Waals surface area contributed by atoms with Crippen LogP contribution in [0.2, 0.25) is 0 Å². The number of benzene rings is 2. The molecule has 0 aliphatic carbocycles. The number of hydrogen-bond acceptors (Lipinski definition) is 3. The molecule has 0 atom stereocenters. The van der Waals surface area contributed by atoms with Crippen LogP contribution < -0.4 is 16.4 Å². The van der Waals surface area contributed by atoms with E-state index in [9.17, 15) is 23.2 Å². The maximum atomic E-state index is 13.8. The van der Waals surface area contributed by atoms with E-state index in [-0.39, 0.29) is 17.4 Å². The summed E-state index contributed by atoms with van der Waals surface area (Å²) in [6.07, 6.45) is 0.920. The van der Waals surface area contributed by atoms with Crippen LogP contribution in [0, 0.1) is 17.6 Å². The molecule has 2 aromatic rings. The van der Waals surface area contributed by atoms with E-state index in [1.54, 1.807) is 24.3 Å². The molecule has 158 valence electrons. The van der Waals surface area contributed by atoms with E-state index in [0.29, 0.717) is 44.2 Å². The van der Waals surface area contributed by atoms with Gasteiger partial charge in [0.05, 0.1) is 5.56 Å². The first-order valence-electron chi connectivity index (χ1n) is 9.51. The molecule has 4 N–H and O–H groups in total. The van der Waals surface area contributed by atoms with Crippen molar-refractivity contribution in [3.8, 4) is 0 Å². The fraction of sp³-hybridized carbons (Fsp3) is 0.286. The number of nitrogens with two attached hydrogens (primary N) is 1. The van der Waals surface area contributed by atoms with E-state index in [4.69, 9.17) is 5.73 Å². The lowest BCUT2D eigenvalue weighted by atomic mass is 9.95. The Labute approximate surface area is 172 Å². The van der Waals surface area contributed by atoms with E-state index in [0.717, 1.165) is 17.7 Å². The third-order valence-electron chi connectivity index (χ3n) is 5.00. The summed E-state index contributed by atoms with van der Waals surface area (Å²) in [5, 5.41) is 5.32. The molecule has 0 spiro atoms.